The molecule has 0 fully saturated rings. The van der Waals surface area contributed by atoms with Crippen LogP contribution in [0.3, 0.4) is 0 Å². The fraction of sp³-hybridized carbons (Fsp3) is 0.211. The lowest BCUT2D eigenvalue weighted by atomic mass is 10.3. The van der Waals surface area contributed by atoms with Gasteiger partial charge in [0.25, 0.3) is 5.91 Å². The van der Waals surface area contributed by atoms with E-state index in [2.05, 4.69) is 26.6 Å². The largest absolute Gasteiger partial charge is 0.456 e. The van der Waals surface area contributed by atoms with Gasteiger partial charge in [0.15, 0.2) is 16.4 Å². The fourth-order valence-corrected chi connectivity index (χ4v) is 3.92. The maximum atomic E-state index is 12.3. The number of hydrogen-bond donors (Lipinski definition) is 2. The number of anilines is 2. The molecule has 0 aromatic heterocycles. The molecule has 11 heteroatoms. The smallest absolute Gasteiger partial charge is 0.307 e. The Balaban J connectivity index is 1.82. The normalized spacial score (nSPS) is 10.9. The van der Waals surface area contributed by atoms with Gasteiger partial charge in [-0.1, -0.05) is 11.6 Å². The number of halogens is 2. The van der Waals surface area contributed by atoms with Crippen molar-refractivity contribution in [3.05, 3.63) is 52.0 Å². The first-order chi connectivity index (χ1) is 14.1. The number of esters is 1. The number of hydrogen-bond acceptors (Lipinski definition) is 6. The molecule has 0 aliphatic rings. The molecule has 0 aliphatic heterocycles. The van der Waals surface area contributed by atoms with Crippen LogP contribution in [0.2, 0.25) is 5.02 Å². The van der Waals surface area contributed by atoms with Crippen LogP contribution in [-0.4, -0.2) is 38.6 Å². The summed E-state index contributed by atoms with van der Waals surface area (Å²) in [6, 6.07) is 10.4. The third kappa shape index (κ3) is 7.43. The molecule has 0 aliphatic carbocycles. The zero-order valence-corrected chi connectivity index (χ0v) is 18.9. The molecule has 2 amide bonds. The average molecular weight is 518 g/mol. The summed E-state index contributed by atoms with van der Waals surface area (Å²) in [4.78, 5) is 34.7. The van der Waals surface area contributed by atoms with E-state index in [4.69, 9.17) is 16.3 Å². The van der Waals surface area contributed by atoms with Gasteiger partial charge in [0.1, 0.15) is 0 Å². The number of nitrogens with one attached hydrogen (secondary N) is 2. The van der Waals surface area contributed by atoms with Crippen LogP contribution in [-0.2, 0) is 29.0 Å². The molecule has 30 heavy (non-hydrogen) atoms. The summed E-state index contributed by atoms with van der Waals surface area (Å²) in [5.74, 6) is -2.16. The highest BCUT2D eigenvalue weighted by molar-refractivity contribution is 9.10. The molecule has 0 bridgehead atoms. The first kappa shape index (κ1) is 23.8. The number of rotatable bonds is 8. The van der Waals surface area contributed by atoms with Crippen LogP contribution in [0.1, 0.15) is 13.3 Å². The Labute approximate surface area is 187 Å². The van der Waals surface area contributed by atoms with Gasteiger partial charge in [-0.3, -0.25) is 14.4 Å². The van der Waals surface area contributed by atoms with Crippen molar-refractivity contribution in [2.45, 2.75) is 18.2 Å². The quantitative estimate of drug-likeness (QED) is 0.518. The third-order valence-corrected chi connectivity index (χ3v) is 6.64. The highest BCUT2D eigenvalue weighted by atomic mass is 79.9. The standard InChI is InChI=1S/C19H18BrClN2O6S/c1-12(24)22-13-2-5-15(6-3-13)30(27,28)9-8-19(26)29-11-18(25)23-14-4-7-16(20)17(21)10-14/h2-7,10H,8-9,11H2,1H3,(H,22,24)(H,23,25). The van der Waals surface area contributed by atoms with Gasteiger partial charge in [-0.25, -0.2) is 8.42 Å². The Morgan fingerprint density at radius 3 is 2.27 bits per heavy atom. The van der Waals surface area contributed by atoms with E-state index in [0.717, 1.165) is 0 Å². The second kappa shape index (κ2) is 10.6. The van der Waals surface area contributed by atoms with E-state index < -0.39 is 40.5 Å². The van der Waals surface area contributed by atoms with Crippen LogP contribution in [0.5, 0.6) is 0 Å². The van der Waals surface area contributed by atoms with Gasteiger partial charge < -0.3 is 15.4 Å². The molecule has 160 valence electrons. The molecule has 0 saturated carbocycles. The second-order valence-electron chi connectivity index (χ2n) is 6.11. The van der Waals surface area contributed by atoms with E-state index >= 15 is 0 Å². The number of amides is 2. The van der Waals surface area contributed by atoms with Crippen LogP contribution in [0.15, 0.2) is 51.8 Å². The van der Waals surface area contributed by atoms with Crippen molar-refractivity contribution in [2.75, 3.05) is 23.0 Å². The van der Waals surface area contributed by atoms with Crippen molar-refractivity contribution in [1.82, 2.24) is 0 Å². The van der Waals surface area contributed by atoms with Crippen LogP contribution in [0.25, 0.3) is 0 Å². The first-order valence-corrected chi connectivity index (χ1v) is 11.4. The first-order valence-electron chi connectivity index (χ1n) is 8.58. The van der Waals surface area contributed by atoms with Crippen molar-refractivity contribution in [3.63, 3.8) is 0 Å². The Hall–Kier alpha value is -2.43. The molecule has 2 rings (SSSR count). The predicted molar refractivity (Wildman–Crippen MR) is 116 cm³/mol. The molecule has 0 unspecified atom stereocenters. The minimum absolute atomic E-state index is 0.00858. The van der Waals surface area contributed by atoms with Crippen LogP contribution < -0.4 is 10.6 Å². The Bertz CT molecular complexity index is 1060. The Morgan fingerprint density at radius 2 is 1.67 bits per heavy atom. The SMILES string of the molecule is CC(=O)Nc1ccc(S(=O)(=O)CCC(=O)OCC(=O)Nc2ccc(Br)c(Cl)c2)cc1. The van der Waals surface area contributed by atoms with Crippen molar-refractivity contribution in [1.29, 1.82) is 0 Å². The van der Waals surface area contributed by atoms with Gasteiger partial charge in [-0.2, -0.15) is 0 Å². The molecule has 0 radical (unpaired) electrons. The maximum absolute atomic E-state index is 12.3. The van der Waals surface area contributed by atoms with Crippen LogP contribution >= 0.6 is 27.5 Å². The van der Waals surface area contributed by atoms with E-state index in [1.54, 1.807) is 12.1 Å². The highest BCUT2D eigenvalue weighted by Crippen LogP contribution is 2.25. The number of benzene rings is 2. The van der Waals surface area contributed by atoms with Crippen LogP contribution in [0, 0.1) is 0 Å². The summed E-state index contributed by atoms with van der Waals surface area (Å²) in [5, 5.41) is 5.44. The molecular formula is C19H18BrClN2O6S. The summed E-state index contributed by atoms with van der Waals surface area (Å²) < 4.78 is 30.1. The van der Waals surface area contributed by atoms with Gasteiger partial charge in [-0.15, -0.1) is 0 Å². The fourth-order valence-electron chi connectivity index (χ4n) is 2.27. The lowest BCUT2D eigenvalue weighted by molar-refractivity contribution is -0.146. The molecule has 0 saturated heterocycles. The minimum atomic E-state index is -3.73. The summed E-state index contributed by atoms with van der Waals surface area (Å²) in [6.07, 6.45) is -0.410. The zero-order valence-electron chi connectivity index (χ0n) is 15.8. The maximum Gasteiger partial charge on any atom is 0.307 e. The van der Waals surface area contributed by atoms with Crippen molar-refractivity contribution in [3.8, 4) is 0 Å². The van der Waals surface area contributed by atoms with E-state index in [0.29, 0.717) is 20.9 Å². The summed E-state index contributed by atoms with van der Waals surface area (Å²) in [5.41, 5.74) is 0.883. The van der Waals surface area contributed by atoms with Gasteiger partial charge in [-0.05, 0) is 58.4 Å². The van der Waals surface area contributed by atoms with E-state index in [9.17, 15) is 22.8 Å². The monoisotopic (exact) mass is 516 g/mol. The second-order valence-corrected chi connectivity index (χ2v) is 9.48. The highest BCUT2D eigenvalue weighted by Gasteiger charge is 2.18. The van der Waals surface area contributed by atoms with Gasteiger partial charge in [0.05, 0.1) is 22.1 Å². The molecule has 0 heterocycles. The molecule has 0 spiro atoms. The number of carbonyl (C=O) groups excluding carboxylic acids is 3. The van der Waals surface area contributed by atoms with Gasteiger partial charge in [0.2, 0.25) is 5.91 Å². The van der Waals surface area contributed by atoms with Gasteiger partial charge >= 0.3 is 5.97 Å². The third-order valence-electron chi connectivity index (χ3n) is 3.68. The topological polar surface area (TPSA) is 119 Å². The van der Waals surface area contributed by atoms with Crippen LogP contribution in [0.4, 0.5) is 11.4 Å². The van der Waals surface area contributed by atoms with Crippen molar-refractivity contribution in [2.24, 2.45) is 0 Å². The number of sulfone groups is 1. The molecule has 0 atom stereocenters. The molecule has 2 aromatic carbocycles. The molecular weight excluding hydrogens is 500 g/mol. The molecule has 2 N–H and O–H groups in total. The average Bonchev–Trinajstić information content (AvgIpc) is 2.68. The lowest BCUT2D eigenvalue weighted by Gasteiger charge is -2.08. The molecule has 2 aromatic rings. The lowest BCUT2D eigenvalue weighted by Crippen LogP contribution is -2.22. The summed E-state index contributed by atoms with van der Waals surface area (Å²) >= 11 is 9.16. The predicted octanol–water partition coefficient (Wildman–Crippen LogP) is 3.41. The summed E-state index contributed by atoms with van der Waals surface area (Å²) in [7, 11) is -3.73. The van der Waals surface area contributed by atoms with Crippen molar-refractivity contribution < 1.29 is 27.5 Å². The number of ether oxygens (including phenoxy) is 1. The number of carbonyl (C=O) groups is 3. The van der Waals surface area contributed by atoms with Crippen molar-refractivity contribution >= 4 is 66.5 Å². The Kier molecular flexibility index (Phi) is 8.39. The zero-order chi connectivity index (χ0) is 22.3. The van der Waals surface area contributed by atoms with E-state index in [-0.39, 0.29) is 10.8 Å². The minimum Gasteiger partial charge on any atom is -0.456 e. The Morgan fingerprint density at radius 1 is 1.03 bits per heavy atom. The molecule has 8 nitrogen and oxygen atoms in total. The summed E-state index contributed by atoms with van der Waals surface area (Å²) in [6.45, 7) is 0.780. The van der Waals surface area contributed by atoms with Gasteiger partial charge in [0, 0.05) is 22.8 Å². The van der Waals surface area contributed by atoms with E-state index in [1.807, 2.05) is 0 Å². The van der Waals surface area contributed by atoms with E-state index in [1.165, 1.54) is 37.3 Å².